The summed E-state index contributed by atoms with van der Waals surface area (Å²) in [4.78, 5) is 25.8. The van der Waals surface area contributed by atoms with Gasteiger partial charge in [-0.05, 0) is 49.1 Å². The summed E-state index contributed by atoms with van der Waals surface area (Å²) in [5, 5.41) is 8.07. The Kier molecular flexibility index (Phi) is 6.64. The molecule has 1 fully saturated rings. The number of halogens is 2. The molecule has 0 bridgehead atoms. The zero-order chi connectivity index (χ0) is 25.1. The first kappa shape index (κ1) is 23.7. The van der Waals surface area contributed by atoms with Gasteiger partial charge in [-0.2, -0.15) is 0 Å². The predicted molar refractivity (Wildman–Crippen MR) is 126 cm³/mol. The predicted octanol–water partition coefficient (Wildman–Crippen LogP) is 4.12. The summed E-state index contributed by atoms with van der Waals surface area (Å²) in [7, 11) is 0. The van der Waals surface area contributed by atoms with Gasteiger partial charge in [0.1, 0.15) is 11.6 Å². The molecular weight excluding hydrogens is 454 g/mol. The van der Waals surface area contributed by atoms with Gasteiger partial charge in [0.25, 0.3) is 5.91 Å². The number of likely N-dealkylation sites (tertiary alicyclic amines) is 1. The van der Waals surface area contributed by atoms with Crippen molar-refractivity contribution in [1.29, 1.82) is 5.41 Å². The molecule has 0 radical (unpaired) electrons. The molecule has 2 aromatic carbocycles. The fourth-order valence-electron chi connectivity index (χ4n) is 4.20. The highest BCUT2D eigenvalue weighted by Crippen LogP contribution is 2.34. The molecule has 4 rings (SSSR count). The van der Waals surface area contributed by atoms with Gasteiger partial charge in [0.05, 0.1) is 17.3 Å². The number of carbonyl (C=O) groups excluding carboxylic acids is 2. The van der Waals surface area contributed by atoms with E-state index in [0.717, 1.165) is 12.1 Å². The number of amides is 1. The first-order valence-corrected chi connectivity index (χ1v) is 10.8. The van der Waals surface area contributed by atoms with Crippen LogP contribution in [0.1, 0.15) is 35.4 Å². The molecule has 7 nitrogen and oxygen atoms in total. The second-order valence-electron chi connectivity index (χ2n) is 7.99. The number of aldehydes is 1. The van der Waals surface area contributed by atoms with Crippen LogP contribution < -0.4 is 10.5 Å². The first-order chi connectivity index (χ1) is 16.8. The van der Waals surface area contributed by atoms with Crippen LogP contribution in [-0.4, -0.2) is 40.6 Å². The SMILES string of the molecule is CC#CC(=O)N1CCC(n2cc(-c3ccc(Oc4c(F)cccc4F)cc3)c(C(=N)N)c2C=O)C1. The number of nitrogen functional groups attached to an aromatic ring is 1. The van der Waals surface area contributed by atoms with Crippen molar-refractivity contribution in [3.8, 4) is 34.5 Å². The van der Waals surface area contributed by atoms with E-state index in [2.05, 4.69) is 11.8 Å². The molecule has 0 saturated carbocycles. The third-order valence-corrected chi connectivity index (χ3v) is 5.83. The first-order valence-electron chi connectivity index (χ1n) is 10.8. The molecule has 1 saturated heterocycles. The maximum atomic E-state index is 13.9. The number of para-hydroxylation sites is 1. The minimum Gasteiger partial charge on any atom is -0.451 e. The summed E-state index contributed by atoms with van der Waals surface area (Å²) in [6.07, 6.45) is 3.00. The molecule has 3 N–H and O–H groups in total. The van der Waals surface area contributed by atoms with Crippen LogP contribution >= 0.6 is 0 Å². The number of aromatic nitrogens is 1. The van der Waals surface area contributed by atoms with E-state index < -0.39 is 17.4 Å². The van der Waals surface area contributed by atoms with Crippen molar-refractivity contribution in [2.45, 2.75) is 19.4 Å². The molecule has 1 aromatic heterocycles. The lowest BCUT2D eigenvalue weighted by Gasteiger charge is -2.16. The Hall–Kier alpha value is -4.45. The van der Waals surface area contributed by atoms with Gasteiger partial charge in [0.2, 0.25) is 0 Å². The monoisotopic (exact) mass is 476 g/mol. The van der Waals surface area contributed by atoms with Crippen molar-refractivity contribution in [2.75, 3.05) is 13.1 Å². The van der Waals surface area contributed by atoms with E-state index in [4.69, 9.17) is 15.9 Å². The average Bonchev–Trinajstić information content (AvgIpc) is 3.47. The molecular formula is C26H22F2N4O3. The van der Waals surface area contributed by atoms with Crippen molar-refractivity contribution in [3.05, 3.63) is 71.6 Å². The molecule has 1 amide bonds. The molecule has 0 aliphatic carbocycles. The summed E-state index contributed by atoms with van der Waals surface area (Å²) in [6.45, 7) is 2.47. The molecule has 1 unspecified atom stereocenters. The largest absolute Gasteiger partial charge is 0.451 e. The van der Waals surface area contributed by atoms with E-state index in [1.807, 2.05) is 0 Å². The summed E-state index contributed by atoms with van der Waals surface area (Å²) in [6, 6.07) is 9.62. The van der Waals surface area contributed by atoms with Crippen molar-refractivity contribution in [1.82, 2.24) is 9.47 Å². The van der Waals surface area contributed by atoms with Crippen LogP contribution in [-0.2, 0) is 4.79 Å². The third-order valence-electron chi connectivity index (χ3n) is 5.83. The minimum atomic E-state index is -0.824. The quantitative estimate of drug-likeness (QED) is 0.242. The number of carbonyl (C=O) groups is 2. The number of benzene rings is 2. The maximum Gasteiger partial charge on any atom is 0.298 e. The van der Waals surface area contributed by atoms with E-state index in [9.17, 15) is 18.4 Å². The molecule has 35 heavy (non-hydrogen) atoms. The maximum absolute atomic E-state index is 13.9. The molecule has 1 aliphatic rings. The van der Waals surface area contributed by atoms with E-state index >= 15 is 0 Å². The molecule has 2 heterocycles. The standard InChI is InChI=1S/C26H22F2N4O3/c1-2-4-23(34)31-12-11-17(13-31)32-14-19(24(26(29)30)22(32)15-33)16-7-9-18(10-8-16)35-25-20(27)5-3-6-21(25)28/h3,5-10,14-15,17H,11-13H2,1H3,(H3,29,30). The molecule has 178 valence electrons. The third kappa shape index (κ3) is 4.64. The van der Waals surface area contributed by atoms with Gasteiger partial charge in [-0.25, -0.2) is 8.78 Å². The van der Waals surface area contributed by atoms with Gasteiger partial charge in [-0.1, -0.05) is 24.1 Å². The van der Waals surface area contributed by atoms with Gasteiger partial charge >= 0.3 is 0 Å². The lowest BCUT2D eigenvalue weighted by Crippen LogP contribution is -2.28. The van der Waals surface area contributed by atoms with Crippen LogP contribution in [0.5, 0.6) is 11.5 Å². The normalized spacial score (nSPS) is 14.8. The molecule has 1 atom stereocenters. The molecule has 9 heteroatoms. The number of nitrogens with zero attached hydrogens (tertiary/aromatic N) is 2. The molecule has 1 aliphatic heterocycles. The second kappa shape index (κ2) is 9.81. The lowest BCUT2D eigenvalue weighted by molar-refractivity contribution is -0.124. The molecule has 0 spiro atoms. The Morgan fingerprint density at radius 2 is 1.89 bits per heavy atom. The highest BCUT2D eigenvalue weighted by molar-refractivity contribution is 6.07. The number of ether oxygens (including phenoxy) is 1. The van der Waals surface area contributed by atoms with Gasteiger partial charge in [0.15, 0.2) is 23.7 Å². The highest BCUT2D eigenvalue weighted by atomic mass is 19.1. The average molecular weight is 476 g/mol. The van der Waals surface area contributed by atoms with Crippen LogP contribution in [0.3, 0.4) is 0 Å². The zero-order valence-corrected chi connectivity index (χ0v) is 18.8. The van der Waals surface area contributed by atoms with Crippen LogP contribution in [0.2, 0.25) is 0 Å². The topological polar surface area (TPSA) is 101 Å². The Labute approximate surface area is 200 Å². The van der Waals surface area contributed by atoms with Crippen LogP contribution in [0.4, 0.5) is 8.78 Å². The van der Waals surface area contributed by atoms with Crippen molar-refractivity contribution in [3.63, 3.8) is 0 Å². The van der Waals surface area contributed by atoms with Gasteiger partial charge in [0, 0.05) is 24.8 Å². The number of nitrogens with one attached hydrogen (secondary N) is 1. The van der Waals surface area contributed by atoms with Crippen LogP contribution in [0, 0.1) is 28.9 Å². The minimum absolute atomic E-state index is 0.184. The van der Waals surface area contributed by atoms with E-state index in [-0.39, 0.29) is 34.8 Å². The van der Waals surface area contributed by atoms with Crippen molar-refractivity contribution < 1.29 is 23.1 Å². The second-order valence-corrected chi connectivity index (χ2v) is 7.99. The summed E-state index contributed by atoms with van der Waals surface area (Å²) < 4.78 is 34.9. The van der Waals surface area contributed by atoms with Gasteiger partial charge in [-0.15, -0.1) is 0 Å². The van der Waals surface area contributed by atoms with Gasteiger partial charge in [-0.3, -0.25) is 15.0 Å². The smallest absolute Gasteiger partial charge is 0.298 e. The number of hydrogen-bond acceptors (Lipinski definition) is 4. The van der Waals surface area contributed by atoms with Crippen LogP contribution in [0.15, 0.2) is 48.7 Å². The highest BCUT2D eigenvalue weighted by Gasteiger charge is 2.30. The zero-order valence-electron chi connectivity index (χ0n) is 18.8. The fourth-order valence-corrected chi connectivity index (χ4v) is 4.20. The number of rotatable bonds is 6. The summed E-state index contributed by atoms with van der Waals surface area (Å²) in [5.41, 5.74) is 7.52. The van der Waals surface area contributed by atoms with Gasteiger partial charge < -0.3 is 19.9 Å². The number of nitrogens with two attached hydrogens (primary N) is 1. The Balaban J connectivity index is 1.66. The summed E-state index contributed by atoms with van der Waals surface area (Å²) in [5.74, 6) is 2.62. The van der Waals surface area contributed by atoms with E-state index in [1.165, 1.54) is 18.2 Å². The summed E-state index contributed by atoms with van der Waals surface area (Å²) >= 11 is 0. The number of hydrogen-bond donors (Lipinski definition) is 2. The Morgan fingerprint density at radius 1 is 1.20 bits per heavy atom. The van der Waals surface area contributed by atoms with Crippen LogP contribution in [0.25, 0.3) is 11.1 Å². The van der Waals surface area contributed by atoms with E-state index in [0.29, 0.717) is 36.9 Å². The molecule has 3 aromatic rings. The Bertz CT molecular complexity index is 1350. The number of amidine groups is 1. The Morgan fingerprint density at radius 3 is 2.49 bits per heavy atom. The fraction of sp³-hybridized carbons (Fsp3) is 0.192. The van der Waals surface area contributed by atoms with E-state index in [1.54, 1.807) is 34.7 Å². The van der Waals surface area contributed by atoms with Crippen molar-refractivity contribution >= 4 is 18.0 Å². The lowest BCUT2D eigenvalue weighted by atomic mass is 10.0. The van der Waals surface area contributed by atoms with Crippen molar-refractivity contribution in [2.24, 2.45) is 5.73 Å².